The number of nitrogens with one attached hydrogen (secondary N) is 1. The van der Waals surface area contributed by atoms with Gasteiger partial charge in [-0.15, -0.1) is 0 Å². The number of carboxylic acid groups (broad SMARTS) is 1. The van der Waals surface area contributed by atoms with Gasteiger partial charge in [0.15, 0.2) is 0 Å². The second-order valence-corrected chi connectivity index (χ2v) is 8.39. The molecule has 0 saturated carbocycles. The number of alkyl carbamates (subject to hydrolysis) is 1. The lowest BCUT2D eigenvalue weighted by Crippen LogP contribution is -2.51. The van der Waals surface area contributed by atoms with Crippen molar-refractivity contribution in [2.75, 3.05) is 40.3 Å². The number of carboxylic acids is 1. The van der Waals surface area contributed by atoms with Crippen molar-refractivity contribution in [3.63, 3.8) is 0 Å². The molecular formula is C25H31N3O5. The Morgan fingerprint density at radius 1 is 1.00 bits per heavy atom. The maximum absolute atomic E-state index is 12.9. The van der Waals surface area contributed by atoms with Crippen molar-refractivity contribution in [2.45, 2.75) is 25.3 Å². The molecule has 8 nitrogen and oxygen atoms in total. The molecule has 0 aromatic heterocycles. The Morgan fingerprint density at radius 3 is 2.09 bits per heavy atom. The van der Waals surface area contributed by atoms with Crippen molar-refractivity contribution in [3.8, 4) is 11.1 Å². The van der Waals surface area contributed by atoms with E-state index in [1.54, 1.807) is 6.92 Å². The maximum Gasteiger partial charge on any atom is 0.407 e. The number of carbonyl (C=O) groups is 3. The Morgan fingerprint density at radius 2 is 1.58 bits per heavy atom. The largest absolute Gasteiger partial charge is 0.480 e. The van der Waals surface area contributed by atoms with E-state index >= 15 is 0 Å². The molecule has 1 atom stereocenters. The van der Waals surface area contributed by atoms with Crippen molar-refractivity contribution in [1.29, 1.82) is 0 Å². The van der Waals surface area contributed by atoms with Gasteiger partial charge >= 0.3 is 12.1 Å². The van der Waals surface area contributed by atoms with Crippen LogP contribution >= 0.6 is 0 Å². The smallest absolute Gasteiger partial charge is 0.407 e. The number of ether oxygens (including phenoxy) is 1. The zero-order valence-corrected chi connectivity index (χ0v) is 19.3. The van der Waals surface area contributed by atoms with Gasteiger partial charge in [-0.2, -0.15) is 0 Å². The Balaban J connectivity index is 1.64. The van der Waals surface area contributed by atoms with Crippen LogP contribution in [0.5, 0.6) is 0 Å². The van der Waals surface area contributed by atoms with Crippen molar-refractivity contribution in [2.24, 2.45) is 0 Å². The lowest BCUT2D eigenvalue weighted by atomic mass is 9.98. The molecule has 0 aliphatic heterocycles. The van der Waals surface area contributed by atoms with E-state index in [-0.39, 0.29) is 19.1 Å². The first-order chi connectivity index (χ1) is 15.8. The summed E-state index contributed by atoms with van der Waals surface area (Å²) >= 11 is 0. The van der Waals surface area contributed by atoms with Gasteiger partial charge in [-0.3, -0.25) is 9.59 Å². The molecule has 2 N–H and O–H groups in total. The molecule has 176 valence electrons. The van der Waals surface area contributed by atoms with Gasteiger partial charge in [0, 0.05) is 19.0 Å². The van der Waals surface area contributed by atoms with Gasteiger partial charge in [-0.25, -0.2) is 4.79 Å². The van der Waals surface area contributed by atoms with E-state index in [0.717, 1.165) is 22.3 Å². The first-order valence-corrected chi connectivity index (χ1v) is 11.1. The summed E-state index contributed by atoms with van der Waals surface area (Å²) in [7, 11) is 3.69. The molecule has 1 unspecified atom stereocenters. The van der Waals surface area contributed by atoms with Crippen LogP contribution in [0.15, 0.2) is 48.5 Å². The fourth-order valence-corrected chi connectivity index (χ4v) is 4.09. The quantitative estimate of drug-likeness (QED) is 0.574. The van der Waals surface area contributed by atoms with Gasteiger partial charge in [0.2, 0.25) is 5.91 Å². The molecule has 0 spiro atoms. The molecule has 2 amide bonds. The minimum absolute atomic E-state index is 0.0810. The van der Waals surface area contributed by atoms with Crippen molar-refractivity contribution in [3.05, 3.63) is 59.7 Å². The normalized spacial score (nSPS) is 13.2. The summed E-state index contributed by atoms with van der Waals surface area (Å²) in [5, 5.41) is 11.8. The van der Waals surface area contributed by atoms with E-state index in [1.807, 2.05) is 55.4 Å². The topological polar surface area (TPSA) is 99.2 Å². The van der Waals surface area contributed by atoms with E-state index in [9.17, 15) is 19.5 Å². The number of hydrogen-bond acceptors (Lipinski definition) is 5. The third-order valence-corrected chi connectivity index (χ3v) is 5.80. The second-order valence-electron chi connectivity index (χ2n) is 8.39. The van der Waals surface area contributed by atoms with Gasteiger partial charge in [-0.1, -0.05) is 55.5 Å². The van der Waals surface area contributed by atoms with Crippen molar-refractivity contribution in [1.82, 2.24) is 15.1 Å². The second kappa shape index (κ2) is 11.0. The molecule has 2 aromatic carbocycles. The molecule has 0 radical (unpaired) electrons. The van der Waals surface area contributed by atoms with Gasteiger partial charge in [0.25, 0.3) is 0 Å². The van der Waals surface area contributed by atoms with Crippen LogP contribution in [0.3, 0.4) is 0 Å². The maximum atomic E-state index is 12.9. The molecule has 1 aliphatic carbocycles. The van der Waals surface area contributed by atoms with E-state index < -0.39 is 30.6 Å². The minimum atomic E-state index is -1.10. The lowest BCUT2D eigenvalue weighted by molar-refractivity contribution is -0.145. The first kappa shape index (κ1) is 24.3. The minimum Gasteiger partial charge on any atom is -0.480 e. The van der Waals surface area contributed by atoms with Crippen LogP contribution in [0.4, 0.5) is 4.79 Å². The predicted molar refractivity (Wildman–Crippen MR) is 125 cm³/mol. The Hall–Kier alpha value is -3.39. The molecule has 0 bridgehead atoms. The number of rotatable bonds is 10. The third-order valence-electron chi connectivity index (χ3n) is 5.80. The SMILES string of the molecule is CCC(NC(=O)OCC1c2ccccc2-c2ccccc21)C(=O)N(CCN(C)C)CC(=O)O. The monoisotopic (exact) mass is 453 g/mol. The van der Waals surface area contributed by atoms with Crippen LogP contribution in [-0.4, -0.2) is 79.3 Å². The van der Waals surface area contributed by atoms with Crippen LogP contribution in [0.25, 0.3) is 11.1 Å². The summed E-state index contributed by atoms with van der Waals surface area (Å²) in [4.78, 5) is 39.8. The summed E-state index contributed by atoms with van der Waals surface area (Å²) in [6.45, 7) is 2.25. The van der Waals surface area contributed by atoms with Gasteiger partial charge in [0.1, 0.15) is 19.2 Å². The Labute approximate surface area is 194 Å². The summed E-state index contributed by atoms with van der Waals surface area (Å²) in [6.07, 6.45) is -0.374. The van der Waals surface area contributed by atoms with Gasteiger partial charge in [0.05, 0.1) is 0 Å². The van der Waals surface area contributed by atoms with Crippen LogP contribution < -0.4 is 5.32 Å². The zero-order valence-electron chi connectivity index (χ0n) is 19.3. The molecule has 8 heteroatoms. The number of aliphatic carboxylic acids is 1. The van der Waals surface area contributed by atoms with E-state index in [1.165, 1.54) is 4.90 Å². The summed E-state index contributed by atoms with van der Waals surface area (Å²) in [6, 6.07) is 15.2. The highest BCUT2D eigenvalue weighted by Crippen LogP contribution is 2.44. The van der Waals surface area contributed by atoms with E-state index in [2.05, 4.69) is 17.4 Å². The number of nitrogens with zero attached hydrogens (tertiary/aromatic N) is 2. The molecule has 1 aliphatic rings. The number of hydrogen-bond donors (Lipinski definition) is 2. The van der Waals surface area contributed by atoms with E-state index in [4.69, 9.17) is 4.74 Å². The van der Waals surface area contributed by atoms with Crippen LogP contribution in [0.1, 0.15) is 30.4 Å². The number of fused-ring (bicyclic) bond motifs is 3. The highest BCUT2D eigenvalue weighted by molar-refractivity contribution is 5.88. The molecule has 0 saturated heterocycles. The van der Waals surface area contributed by atoms with Gasteiger partial charge < -0.3 is 25.0 Å². The molecule has 33 heavy (non-hydrogen) atoms. The molecule has 0 fully saturated rings. The third kappa shape index (κ3) is 5.90. The summed E-state index contributed by atoms with van der Waals surface area (Å²) < 4.78 is 5.54. The van der Waals surface area contributed by atoms with Crippen molar-refractivity contribution >= 4 is 18.0 Å². The molecule has 0 heterocycles. The summed E-state index contributed by atoms with van der Waals surface area (Å²) in [5.74, 6) is -1.61. The van der Waals surface area contributed by atoms with E-state index in [0.29, 0.717) is 13.0 Å². The Bertz CT molecular complexity index is 962. The highest BCUT2D eigenvalue weighted by atomic mass is 16.5. The van der Waals surface area contributed by atoms with Crippen LogP contribution in [0, 0.1) is 0 Å². The average Bonchev–Trinajstić information content (AvgIpc) is 3.12. The number of benzene rings is 2. The lowest BCUT2D eigenvalue weighted by Gasteiger charge is -2.27. The average molecular weight is 454 g/mol. The predicted octanol–water partition coefficient (Wildman–Crippen LogP) is 2.78. The Kier molecular flexibility index (Phi) is 8.06. The standard InChI is InChI=1S/C25H31N3O5/c1-4-22(24(31)28(15-23(29)30)14-13-27(2)3)26-25(32)33-16-21-19-11-7-5-9-17(19)18-10-6-8-12-20(18)21/h5-12,21-22H,4,13-16H2,1-3H3,(H,26,32)(H,29,30). The fraction of sp³-hybridized carbons (Fsp3) is 0.400. The molecule has 2 aromatic rings. The molecule has 3 rings (SSSR count). The van der Waals surface area contributed by atoms with Crippen LogP contribution in [0.2, 0.25) is 0 Å². The van der Waals surface area contributed by atoms with Gasteiger partial charge in [-0.05, 0) is 42.8 Å². The molecular weight excluding hydrogens is 422 g/mol. The number of likely N-dealkylation sites (N-methyl/N-ethyl adjacent to an activating group) is 1. The first-order valence-electron chi connectivity index (χ1n) is 11.1. The van der Waals surface area contributed by atoms with Crippen molar-refractivity contribution < 1.29 is 24.2 Å². The number of carbonyl (C=O) groups excluding carboxylic acids is 2. The highest BCUT2D eigenvalue weighted by Gasteiger charge is 2.30. The number of amides is 2. The fourth-order valence-electron chi connectivity index (χ4n) is 4.09. The zero-order chi connectivity index (χ0) is 24.0. The summed E-state index contributed by atoms with van der Waals surface area (Å²) in [5.41, 5.74) is 4.47. The van der Waals surface area contributed by atoms with Crippen LogP contribution in [-0.2, 0) is 14.3 Å².